The van der Waals surface area contributed by atoms with Gasteiger partial charge in [0.15, 0.2) is 0 Å². The molecule has 1 aromatic carbocycles. The van der Waals surface area contributed by atoms with Gasteiger partial charge in [0.25, 0.3) is 0 Å². The van der Waals surface area contributed by atoms with Crippen LogP contribution in [0.25, 0.3) is 16.9 Å². The van der Waals surface area contributed by atoms with Gasteiger partial charge in [0, 0.05) is 11.8 Å². The number of imidazole rings is 1. The lowest BCUT2D eigenvalue weighted by molar-refractivity contribution is 1.09. The molecule has 0 bridgehead atoms. The van der Waals surface area contributed by atoms with Gasteiger partial charge < -0.3 is 4.40 Å². The van der Waals surface area contributed by atoms with Gasteiger partial charge in [-0.1, -0.05) is 41.4 Å². The number of halogens is 2. The van der Waals surface area contributed by atoms with Crippen LogP contribution in [0.2, 0.25) is 5.02 Å². The molecule has 0 atom stereocenters. The maximum absolute atomic E-state index is 6.08. The molecule has 0 spiro atoms. The highest BCUT2D eigenvalue weighted by Gasteiger charge is 2.13. The molecule has 2 nitrogen and oxygen atoms in total. The van der Waals surface area contributed by atoms with Crippen LogP contribution < -0.4 is 0 Å². The van der Waals surface area contributed by atoms with Crippen LogP contribution in [-0.4, -0.2) is 9.38 Å². The number of aromatic nitrogens is 2. The van der Waals surface area contributed by atoms with Gasteiger partial charge in [-0.05, 0) is 19.1 Å². The smallest absolute Gasteiger partial charge is 0.137 e. The van der Waals surface area contributed by atoms with Crippen molar-refractivity contribution < 1.29 is 0 Å². The number of nitrogens with zero attached hydrogens (tertiary/aromatic N) is 2. The van der Waals surface area contributed by atoms with Crippen LogP contribution in [0, 0.1) is 6.92 Å². The third-order valence-corrected chi connectivity index (χ3v) is 3.61. The van der Waals surface area contributed by atoms with E-state index in [0.717, 1.165) is 22.6 Å². The van der Waals surface area contributed by atoms with Crippen LogP contribution in [0.15, 0.2) is 42.6 Å². The standard InChI is InChI=1S/C15H12Cl2N2/c1-10-2-4-11(5-3-10)15-13(8-16)19-9-12(17)6-7-14(19)18-15/h2-7,9H,8H2,1H3. The van der Waals surface area contributed by atoms with E-state index in [2.05, 4.69) is 36.2 Å². The molecule has 0 saturated carbocycles. The summed E-state index contributed by atoms with van der Waals surface area (Å²) in [7, 11) is 0. The summed E-state index contributed by atoms with van der Waals surface area (Å²) in [6.45, 7) is 2.07. The highest BCUT2D eigenvalue weighted by atomic mass is 35.5. The molecule has 2 aromatic heterocycles. The second-order valence-corrected chi connectivity index (χ2v) is 5.19. The average molecular weight is 291 g/mol. The molecular weight excluding hydrogens is 279 g/mol. The lowest BCUT2D eigenvalue weighted by atomic mass is 10.1. The predicted molar refractivity (Wildman–Crippen MR) is 79.9 cm³/mol. The summed E-state index contributed by atoms with van der Waals surface area (Å²) in [6, 6.07) is 12.0. The van der Waals surface area contributed by atoms with E-state index in [1.165, 1.54) is 5.56 Å². The fourth-order valence-electron chi connectivity index (χ4n) is 2.14. The zero-order chi connectivity index (χ0) is 13.4. The van der Waals surface area contributed by atoms with Crippen LogP contribution in [0.5, 0.6) is 0 Å². The summed E-state index contributed by atoms with van der Waals surface area (Å²) in [5.74, 6) is 0.394. The maximum atomic E-state index is 6.08. The number of hydrogen-bond acceptors (Lipinski definition) is 1. The van der Waals surface area contributed by atoms with Crippen molar-refractivity contribution in [2.24, 2.45) is 0 Å². The Morgan fingerprint density at radius 2 is 1.84 bits per heavy atom. The van der Waals surface area contributed by atoms with Crippen LogP contribution in [0.4, 0.5) is 0 Å². The second-order valence-electron chi connectivity index (χ2n) is 4.48. The third-order valence-electron chi connectivity index (χ3n) is 3.13. The van der Waals surface area contributed by atoms with E-state index in [1.807, 2.05) is 22.7 Å². The number of aryl methyl sites for hydroxylation is 1. The van der Waals surface area contributed by atoms with E-state index in [-0.39, 0.29) is 0 Å². The molecule has 0 aliphatic rings. The fourth-order valence-corrected chi connectivity index (χ4v) is 2.55. The first kappa shape index (κ1) is 12.5. The van der Waals surface area contributed by atoms with Crippen LogP contribution >= 0.6 is 23.2 Å². The van der Waals surface area contributed by atoms with Crippen LogP contribution in [-0.2, 0) is 5.88 Å². The topological polar surface area (TPSA) is 17.3 Å². The largest absolute Gasteiger partial charge is 0.301 e. The molecule has 96 valence electrons. The number of pyridine rings is 1. The van der Waals surface area contributed by atoms with Gasteiger partial charge in [0.05, 0.1) is 22.3 Å². The van der Waals surface area contributed by atoms with Crippen molar-refractivity contribution >= 4 is 28.8 Å². The van der Waals surface area contributed by atoms with Crippen molar-refractivity contribution in [3.63, 3.8) is 0 Å². The monoisotopic (exact) mass is 290 g/mol. The first-order chi connectivity index (χ1) is 9.19. The second kappa shape index (κ2) is 4.87. The number of rotatable bonds is 2. The highest BCUT2D eigenvalue weighted by molar-refractivity contribution is 6.30. The molecule has 0 radical (unpaired) electrons. The van der Waals surface area contributed by atoms with E-state index in [1.54, 1.807) is 0 Å². The summed E-state index contributed by atoms with van der Waals surface area (Å²) >= 11 is 12.1. The van der Waals surface area contributed by atoms with Gasteiger partial charge in [-0.3, -0.25) is 0 Å². The summed E-state index contributed by atoms with van der Waals surface area (Å²) in [6.07, 6.45) is 1.85. The quantitative estimate of drug-likeness (QED) is 0.625. The average Bonchev–Trinajstić information content (AvgIpc) is 2.77. The van der Waals surface area contributed by atoms with Crippen molar-refractivity contribution in [2.75, 3.05) is 0 Å². The summed E-state index contributed by atoms with van der Waals surface area (Å²) < 4.78 is 1.95. The minimum Gasteiger partial charge on any atom is -0.301 e. The van der Waals surface area contributed by atoms with Gasteiger partial charge in [-0.15, -0.1) is 11.6 Å². The van der Waals surface area contributed by atoms with Gasteiger partial charge >= 0.3 is 0 Å². The van der Waals surface area contributed by atoms with Gasteiger partial charge in [0.1, 0.15) is 5.65 Å². The normalized spacial score (nSPS) is 11.1. The summed E-state index contributed by atoms with van der Waals surface area (Å²) in [5.41, 5.74) is 5.03. The first-order valence-electron chi connectivity index (χ1n) is 5.98. The summed E-state index contributed by atoms with van der Waals surface area (Å²) in [4.78, 5) is 4.64. The van der Waals surface area contributed by atoms with E-state index in [4.69, 9.17) is 23.2 Å². The SMILES string of the molecule is Cc1ccc(-c2nc3ccc(Cl)cn3c2CCl)cc1. The van der Waals surface area contributed by atoms with Gasteiger partial charge in [-0.2, -0.15) is 0 Å². The molecule has 0 amide bonds. The number of hydrogen-bond donors (Lipinski definition) is 0. The molecule has 0 saturated heterocycles. The Morgan fingerprint density at radius 1 is 1.11 bits per heavy atom. The first-order valence-corrected chi connectivity index (χ1v) is 6.90. The van der Waals surface area contributed by atoms with Crippen LogP contribution in [0.1, 0.15) is 11.3 Å². The molecule has 0 fully saturated rings. The molecular formula is C15H12Cl2N2. The van der Waals surface area contributed by atoms with E-state index >= 15 is 0 Å². The Labute approximate surface area is 121 Å². The van der Waals surface area contributed by atoms with Gasteiger partial charge in [0.2, 0.25) is 0 Å². The van der Waals surface area contributed by atoms with Gasteiger partial charge in [-0.25, -0.2) is 4.98 Å². The molecule has 19 heavy (non-hydrogen) atoms. The zero-order valence-electron chi connectivity index (χ0n) is 10.4. The predicted octanol–water partition coefficient (Wildman–Crippen LogP) is 4.70. The van der Waals surface area contributed by atoms with Crippen molar-refractivity contribution in [1.82, 2.24) is 9.38 Å². The third kappa shape index (κ3) is 2.22. The Bertz CT molecular complexity index is 730. The molecule has 2 heterocycles. The van der Waals surface area contributed by atoms with E-state index < -0.39 is 0 Å². The molecule has 0 aliphatic heterocycles. The Hall–Kier alpha value is -1.51. The maximum Gasteiger partial charge on any atom is 0.137 e. The molecule has 3 rings (SSSR count). The lowest BCUT2D eigenvalue weighted by Crippen LogP contribution is -1.91. The molecule has 0 N–H and O–H groups in total. The highest BCUT2D eigenvalue weighted by Crippen LogP contribution is 2.27. The minimum atomic E-state index is 0.394. The summed E-state index contributed by atoms with van der Waals surface area (Å²) in [5, 5.41) is 0.673. The Kier molecular flexibility index (Phi) is 3.21. The molecule has 0 aliphatic carbocycles. The van der Waals surface area contributed by atoms with E-state index in [9.17, 15) is 0 Å². The van der Waals surface area contributed by atoms with Crippen molar-refractivity contribution in [1.29, 1.82) is 0 Å². The van der Waals surface area contributed by atoms with Crippen LogP contribution in [0.3, 0.4) is 0 Å². The Balaban J connectivity index is 2.25. The number of benzene rings is 1. The van der Waals surface area contributed by atoms with Crippen molar-refractivity contribution in [3.8, 4) is 11.3 Å². The lowest BCUT2D eigenvalue weighted by Gasteiger charge is -2.02. The number of alkyl halides is 1. The minimum absolute atomic E-state index is 0.394. The molecule has 3 aromatic rings. The van der Waals surface area contributed by atoms with Crippen molar-refractivity contribution in [2.45, 2.75) is 12.8 Å². The zero-order valence-corrected chi connectivity index (χ0v) is 11.9. The Morgan fingerprint density at radius 3 is 2.53 bits per heavy atom. The van der Waals surface area contributed by atoms with Crippen molar-refractivity contribution in [3.05, 3.63) is 58.9 Å². The number of fused-ring (bicyclic) bond motifs is 1. The van der Waals surface area contributed by atoms with E-state index in [0.29, 0.717) is 10.9 Å². The fraction of sp³-hybridized carbons (Fsp3) is 0.133. The molecule has 0 unspecified atom stereocenters. The molecule has 4 heteroatoms.